The molecule has 0 saturated carbocycles. The van der Waals surface area contributed by atoms with E-state index in [-0.39, 0.29) is 24.2 Å². The van der Waals surface area contributed by atoms with Gasteiger partial charge < -0.3 is 16.4 Å². The van der Waals surface area contributed by atoms with Crippen LogP contribution < -0.4 is 16.4 Å². The Hall–Kier alpha value is -2.37. The first-order chi connectivity index (χ1) is 10.7. The summed E-state index contributed by atoms with van der Waals surface area (Å²) >= 11 is 0. The number of aryl methyl sites for hydroxylation is 1. The lowest BCUT2D eigenvalue weighted by molar-refractivity contribution is -0.129. The SMILES string of the molecule is CC(=O)N[C@H](CC(=O)N[C@@H](C(N)=O)C(C)C)c1ccc(C)cc1. The van der Waals surface area contributed by atoms with Gasteiger partial charge >= 0.3 is 0 Å². The van der Waals surface area contributed by atoms with Crippen LogP contribution in [0.4, 0.5) is 0 Å². The van der Waals surface area contributed by atoms with Crippen LogP contribution in [-0.2, 0) is 14.4 Å². The molecule has 2 atom stereocenters. The second kappa shape index (κ2) is 8.31. The molecule has 3 amide bonds. The van der Waals surface area contributed by atoms with Gasteiger partial charge in [0.05, 0.1) is 12.5 Å². The van der Waals surface area contributed by atoms with Gasteiger partial charge in [-0.25, -0.2) is 0 Å². The number of hydrogen-bond acceptors (Lipinski definition) is 3. The van der Waals surface area contributed by atoms with Crippen LogP contribution in [-0.4, -0.2) is 23.8 Å². The van der Waals surface area contributed by atoms with Crippen molar-refractivity contribution < 1.29 is 14.4 Å². The second-order valence-corrected chi connectivity index (χ2v) is 6.06. The lowest BCUT2D eigenvalue weighted by Crippen LogP contribution is -2.48. The molecule has 0 bridgehead atoms. The highest BCUT2D eigenvalue weighted by Gasteiger charge is 2.24. The highest BCUT2D eigenvalue weighted by molar-refractivity contribution is 5.87. The minimum atomic E-state index is -0.724. The van der Waals surface area contributed by atoms with Crippen molar-refractivity contribution in [2.75, 3.05) is 0 Å². The van der Waals surface area contributed by atoms with Gasteiger partial charge in [-0.15, -0.1) is 0 Å². The zero-order valence-electron chi connectivity index (χ0n) is 14.1. The number of benzene rings is 1. The van der Waals surface area contributed by atoms with Gasteiger partial charge in [0.25, 0.3) is 0 Å². The molecule has 0 heterocycles. The molecule has 126 valence electrons. The molecule has 0 saturated heterocycles. The standard InChI is InChI=1S/C17H25N3O3/c1-10(2)16(17(18)23)20-15(22)9-14(19-12(4)21)13-7-5-11(3)6-8-13/h5-8,10,14,16H,9H2,1-4H3,(H2,18,23)(H,19,21)(H,20,22)/t14-,16-/m1/s1. The summed E-state index contributed by atoms with van der Waals surface area (Å²) in [4.78, 5) is 35.0. The number of primary amides is 1. The van der Waals surface area contributed by atoms with E-state index in [4.69, 9.17) is 5.73 Å². The van der Waals surface area contributed by atoms with E-state index in [1.54, 1.807) is 13.8 Å². The molecule has 0 aliphatic heterocycles. The summed E-state index contributed by atoms with van der Waals surface area (Å²) < 4.78 is 0. The van der Waals surface area contributed by atoms with Gasteiger partial charge in [-0.3, -0.25) is 14.4 Å². The number of amides is 3. The maximum atomic E-state index is 12.2. The van der Waals surface area contributed by atoms with Crippen LogP contribution in [0.15, 0.2) is 24.3 Å². The Morgan fingerprint density at radius 3 is 2.09 bits per heavy atom. The van der Waals surface area contributed by atoms with Gasteiger partial charge in [0.15, 0.2) is 0 Å². The van der Waals surface area contributed by atoms with E-state index in [0.717, 1.165) is 11.1 Å². The molecule has 0 aromatic heterocycles. The zero-order chi connectivity index (χ0) is 17.6. The molecular formula is C17H25N3O3. The Bertz CT molecular complexity index is 567. The number of carbonyl (C=O) groups excluding carboxylic acids is 3. The average Bonchev–Trinajstić information content (AvgIpc) is 2.43. The lowest BCUT2D eigenvalue weighted by Gasteiger charge is -2.22. The maximum absolute atomic E-state index is 12.2. The largest absolute Gasteiger partial charge is 0.368 e. The third kappa shape index (κ3) is 6.10. The van der Waals surface area contributed by atoms with Gasteiger partial charge in [0, 0.05) is 6.92 Å². The Morgan fingerprint density at radius 1 is 1.09 bits per heavy atom. The molecule has 0 unspecified atom stereocenters. The molecule has 23 heavy (non-hydrogen) atoms. The van der Waals surface area contributed by atoms with E-state index in [1.165, 1.54) is 6.92 Å². The van der Waals surface area contributed by atoms with Crippen LogP contribution >= 0.6 is 0 Å². The molecule has 0 aliphatic rings. The minimum Gasteiger partial charge on any atom is -0.368 e. The fraction of sp³-hybridized carbons (Fsp3) is 0.471. The molecule has 0 aliphatic carbocycles. The first-order valence-electron chi connectivity index (χ1n) is 7.63. The van der Waals surface area contributed by atoms with Gasteiger partial charge in [-0.1, -0.05) is 43.7 Å². The quantitative estimate of drug-likeness (QED) is 0.703. The molecule has 4 N–H and O–H groups in total. The summed E-state index contributed by atoms with van der Waals surface area (Å²) in [6, 6.07) is 6.41. The van der Waals surface area contributed by atoms with Crippen LogP contribution in [0.5, 0.6) is 0 Å². The molecule has 6 nitrogen and oxygen atoms in total. The number of carbonyl (C=O) groups is 3. The first kappa shape index (κ1) is 18.7. The van der Waals surface area contributed by atoms with E-state index in [9.17, 15) is 14.4 Å². The number of hydrogen-bond donors (Lipinski definition) is 3. The second-order valence-electron chi connectivity index (χ2n) is 6.06. The lowest BCUT2D eigenvalue weighted by atomic mass is 10.00. The Labute approximate surface area is 136 Å². The monoisotopic (exact) mass is 319 g/mol. The highest BCUT2D eigenvalue weighted by atomic mass is 16.2. The van der Waals surface area contributed by atoms with Crippen LogP contribution in [0, 0.1) is 12.8 Å². The Balaban J connectivity index is 2.84. The Morgan fingerprint density at radius 2 is 1.65 bits per heavy atom. The van der Waals surface area contributed by atoms with E-state index in [1.807, 2.05) is 31.2 Å². The van der Waals surface area contributed by atoms with Crippen molar-refractivity contribution in [3.05, 3.63) is 35.4 Å². The molecule has 1 aromatic rings. The van der Waals surface area contributed by atoms with E-state index in [0.29, 0.717) is 0 Å². The predicted octanol–water partition coefficient (Wildman–Crippen LogP) is 1.19. The van der Waals surface area contributed by atoms with Crippen molar-refractivity contribution in [1.82, 2.24) is 10.6 Å². The summed E-state index contributed by atoms with van der Waals surface area (Å²) in [6.07, 6.45) is 0.0408. The van der Waals surface area contributed by atoms with Crippen molar-refractivity contribution in [2.24, 2.45) is 11.7 Å². The number of nitrogens with two attached hydrogens (primary N) is 1. The first-order valence-corrected chi connectivity index (χ1v) is 7.63. The highest BCUT2D eigenvalue weighted by Crippen LogP contribution is 2.18. The minimum absolute atomic E-state index is 0.0408. The van der Waals surface area contributed by atoms with Gasteiger partial charge in [-0.05, 0) is 18.4 Å². The summed E-state index contributed by atoms with van der Waals surface area (Å²) in [6.45, 7) is 6.98. The van der Waals surface area contributed by atoms with Crippen LogP contribution in [0.3, 0.4) is 0 Å². The van der Waals surface area contributed by atoms with Crippen LogP contribution in [0.1, 0.15) is 44.4 Å². The van der Waals surface area contributed by atoms with Crippen molar-refractivity contribution >= 4 is 17.7 Å². The van der Waals surface area contributed by atoms with E-state index in [2.05, 4.69) is 10.6 Å². The molecule has 1 aromatic carbocycles. The third-order valence-electron chi connectivity index (χ3n) is 3.54. The average molecular weight is 319 g/mol. The summed E-state index contributed by atoms with van der Waals surface area (Å²) in [7, 11) is 0. The van der Waals surface area contributed by atoms with Gasteiger partial charge in [0.2, 0.25) is 17.7 Å². The molecular weight excluding hydrogens is 294 g/mol. The topological polar surface area (TPSA) is 101 Å². The molecule has 1 rings (SSSR count). The smallest absolute Gasteiger partial charge is 0.240 e. The normalized spacial score (nSPS) is 13.3. The molecule has 0 radical (unpaired) electrons. The van der Waals surface area contributed by atoms with Gasteiger partial charge in [0.1, 0.15) is 6.04 Å². The summed E-state index contributed by atoms with van der Waals surface area (Å²) in [5.74, 6) is -1.23. The van der Waals surface area contributed by atoms with E-state index < -0.39 is 18.0 Å². The Kier molecular flexibility index (Phi) is 6.75. The molecule has 0 fully saturated rings. The third-order valence-corrected chi connectivity index (χ3v) is 3.54. The van der Waals surface area contributed by atoms with Crippen molar-refractivity contribution in [3.63, 3.8) is 0 Å². The van der Waals surface area contributed by atoms with Crippen molar-refractivity contribution in [1.29, 1.82) is 0 Å². The molecule has 0 spiro atoms. The fourth-order valence-electron chi connectivity index (χ4n) is 2.28. The molecule has 6 heteroatoms. The number of rotatable bonds is 7. The predicted molar refractivity (Wildman–Crippen MR) is 88.3 cm³/mol. The van der Waals surface area contributed by atoms with E-state index >= 15 is 0 Å². The maximum Gasteiger partial charge on any atom is 0.240 e. The zero-order valence-corrected chi connectivity index (χ0v) is 14.1. The number of nitrogens with one attached hydrogen (secondary N) is 2. The fourth-order valence-corrected chi connectivity index (χ4v) is 2.28. The summed E-state index contributed by atoms with van der Waals surface area (Å²) in [5.41, 5.74) is 7.23. The summed E-state index contributed by atoms with van der Waals surface area (Å²) in [5, 5.41) is 5.40. The van der Waals surface area contributed by atoms with Crippen LogP contribution in [0.2, 0.25) is 0 Å². The van der Waals surface area contributed by atoms with Crippen molar-refractivity contribution in [2.45, 2.75) is 46.2 Å². The van der Waals surface area contributed by atoms with Gasteiger partial charge in [-0.2, -0.15) is 0 Å². The van der Waals surface area contributed by atoms with Crippen LogP contribution in [0.25, 0.3) is 0 Å². The van der Waals surface area contributed by atoms with Crippen molar-refractivity contribution in [3.8, 4) is 0 Å².